The summed E-state index contributed by atoms with van der Waals surface area (Å²) in [5, 5.41) is 7.96. The summed E-state index contributed by atoms with van der Waals surface area (Å²) in [6.45, 7) is 31.3. The van der Waals surface area contributed by atoms with Gasteiger partial charge < -0.3 is 20.1 Å². The smallest absolute Gasteiger partial charge is 0.167 e. The molecule has 0 spiro atoms. The molecule has 0 bridgehead atoms. The van der Waals surface area contributed by atoms with E-state index in [0.717, 1.165) is 22.0 Å². The minimum atomic E-state index is -0.654. The highest BCUT2D eigenvalue weighted by molar-refractivity contribution is 9.10. The number of fused-ring (bicyclic) bond motifs is 1. The topological polar surface area (TPSA) is 68.3 Å². The highest BCUT2D eigenvalue weighted by Gasteiger charge is 2.72. The number of hydrogen-bond donors (Lipinski definition) is 2. The molecule has 2 N–H and O–H groups in total. The van der Waals surface area contributed by atoms with Gasteiger partial charge >= 0.3 is 0 Å². The monoisotopic (exact) mass is 656 g/mol. The number of methoxy groups -OCH3 is 1. The molecule has 2 aromatic carbocycles. The van der Waals surface area contributed by atoms with E-state index < -0.39 is 5.60 Å². The molecule has 1 fully saturated rings. The van der Waals surface area contributed by atoms with E-state index in [9.17, 15) is 4.39 Å². The standard InChI is InChI=1S/C35H50BrFN4O2/c1-19-25-26(38-21(3)39-29(25)40-24-17-16-22(36)18-23(24)37)20(2)28(27(19)42-15)43-34(12,13)35(14)30(4,5)32(8,9)41-33(10,11)31(35,6)7/h16-18,41H,1-15H3,(H,38,39,40). The molecule has 3 aromatic rings. The van der Waals surface area contributed by atoms with Gasteiger partial charge in [0.25, 0.3) is 0 Å². The van der Waals surface area contributed by atoms with Crippen LogP contribution in [0.3, 0.4) is 0 Å². The number of aromatic nitrogens is 2. The lowest BCUT2D eigenvalue weighted by atomic mass is 9.37. The predicted molar refractivity (Wildman–Crippen MR) is 179 cm³/mol. The first kappa shape index (κ1) is 33.4. The number of rotatable bonds is 6. The summed E-state index contributed by atoms with van der Waals surface area (Å²) >= 11 is 3.34. The molecule has 0 saturated carbocycles. The van der Waals surface area contributed by atoms with Crippen molar-refractivity contribution in [2.45, 2.75) is 114 Å². The van der Waals surface area contributed by atoms with Crippen LogP contribution >= 0.6 is 15.9 Å². The molecule has 236 valence electrons. The van der Waals surface area contributed by atoms with E-state index in [2.05, 4.69) is 103 Å². The lowest BCUT2D eigenvalue weighted by Gasteiger charge is -2.74. The average Bonchev–Trinajstić information content (AvgIpc) is 2.86. The first-order valence-electron chi connectivity index (χ1n) is 15.0. The van der Waals surface area contributed by atoms with Crippen molar-refractivity contribution in [2.24, 2.45) is 16.2 Å². The van der Waals surface area contributed by atoms with E-state index in [1.54, 1.807) is 19.2 Å². The first-order valence-corrected chi connectivity index (χ1v) is 15.8. The molecule has 2 heterocycles. The minimum Gasteiger partial charge on any atom is -0.493 e. The fraction of sp³-hybridized carbons (Fsp3) is 0.600. The molecule has 0 aliphatic carbocycles. The van der Waals surface area contributed by atoms with Crippen LogP contribution in [0.25, 0.3) is 10.9 Å². The van der Waals surface area contributed by atoms with Gasteiger partial charge in [0.1, 0.15) is 23.1 Å². The molecule has 1 aliphatic rings. The van der Waals surface area contributed by atoms with Gasteiger partial charge in [-0.3, -0.25) is 0 Å². The predicted octanol–water partition coefficient (Wildman–Crippen LogP) is 9.59. The van der Waals surface area contributed by atoms with E-state index in [4.69, 9.17) is 19.4 Å². The zero-order valence-corrected chi connectivity index (χ0v) is 30.3. The van der Waals surface area contributed by atoms with Gasteiger partial charge in [-0.25, -0.2) is 14.4 Å². The van der Waals surface area contributed by atoms with Crippen LogP contribution in [0.5, 0.6) is 11.5 Å². The van der Waals surface area contributed by atoms with E-state index in [-0.39, 0.29) is 33.1 Å². The van der Waals surface area contributed by atoms with Crippen LogP contribution in [-0.4, -0.2) is 33.8 Å². The Morgan fingerprint density at radius 3 is 1.93 bits per heavy atom. The molecule has 1 aliphatic heterocycles. The van der Waals surface area contributed by atoms with Crippen molar-refractivity contribution in [3.8, 4) is 11.5 Å². The van der Waals surface area contributed by atoms with Crippen molar-refractivity contribution >= 4 is 38.3 Å². The molecule has 1 saturated heterocycles. The van der Waals surface area contributed by atoms with Crippen molar-refractivity contribution in [1.82, 2.24) is 15.3 Å². The Kier molecular flexibility index (Phi) is 8.01. The zero-order valence-electron chi connectivity index (χ0n) is 28.7. The van der Waals surface area contributed by atoms with Crippen molar-refractivity contribution in [3.63, 3.8) is 0 Å². The molecule has 8 heteroatoms. The molecule has 43 heavy (non-hydrogen) atoms. The number of benzene rings is 2. The fourth-order valence-electron chi connectivity index (χ4n) is 7.93. The van der Waals surface area contributed by atoms with Gasteiger partial charge in [0.05, 0.1) is 23.7 Å². The van der Waals surface area contributed by atoms with Gasteiger partial charge in [0.2, 0.25) is 0 Å². The van der Waals surface area contributed by atoms with Gasteiger partial charge in [-0.1, -0.05) is 50.5 Å². The van der Waals surface area contributed by atoms with E-state index in [1.807, 2.05) is 20.8 Å². The van der Waals surface area contributed by atoms with Gasteiger partial charge in [0, 0.05) is 32.1 Å². The number of piperidine rings is 1. The molecule has 0 unspecified atom stereocenters. The second kappa shape index (κ2) is 10.3. The van der Waals surface area contributed by atoms with E-state index in [1.165, 1.54) is 6.07 Å². The second-order valence-corrected chi connectivity index (χ2v) is 16.0. The molecule has 0 atom stereocenters. The lowest BCUT2D eigenvalue weighted by Crippen LogP contribution is -2.81. The van der Waals surface area contributed by atoms with Crippen molar-refractivity contribution in [1.29, 1.82) is 0 Å². The maximum absolute atomic E-state index is 14.9. The number of ether oxygens (including phenoxy) is 2. The van der Waals surface area contributed by atoms with Crippen molar-refractivity contribution < 1.29 is 13.9 Å². The Balaban J connectivity index is 1.96. The minimum absolute atomic E-state index is 0.187. The lowest BCUT2D eigenvalue weighted by molar-refractivity contribution is -0.246. The highest BCUT2D eigenvalue weighted by atomic mass is 79.9. The quantitative estimate of drug-likeness (QED) is 0.275. The number of nitrogens with zero attached hydrogens (tertiary/aromatic N) is 2. The summed E-state index contributed by atoms with van der Waals surface area (Å²) in [4.78, 5) is 9.57. The second-order valence-electron chi connectivity index (χ2n) is 15.1. The molecule has 0 radical (unpaired) electrons. The normalized spacial score (nSPS) is 20.1. The summed E-state index contributed by atoms with van der Waals surface area (Å²) in [7, 11) is 1.66. The van der Waals surface area contributed by atoms with Crippen LogP contribution in [-0.2, 0) is 0 Å². The van der Waals surface area contributed by atoms with Crippen LogP contribution in [0.1, 0.15) is 93.1 Å². The highest BCUT2D eigenvalue weighted by Crippen LogP contribution is 2.68. The third-order valence-corrected chi connectivity index (χ3v) is 12.3. The number of aryl methyl sites for hydroxylation is 3. The zero-order chi connectivity index (χ0) is 32.7. The van der Waals surface area contributed by atoms with Crippen LogP contribution in [0.4, 0.5) is 15.9 Å². The Bertz CT molecular complexity index is 1570. The van der Waals surface area contributed by atoms with Gasteiger partial charge in [-0.15, -0.1) is 0 Å². The van der Waals surface area contributed by atoms with E-state index in [0.29, 0.717) is 33.3 Å². The fourth-order valence-corrected chi connectivity index (χ4v) is 8.26. The molecule has 1 aromatic heterocycles. The summed E-state index contributed by atoms with van der Waals surface area (Å²) in [5.74, 6) is 1.99. The van der Waals surface area contributed by atoms with Crippen LogP contribution in [0.2, 0.25) is 0 Å². The summed E-state index contributed by atoms with van der Waals surface area (Å²) in [5.41, 5.74) is 0.989. The van der Waals surface area contributed by atoms with Crippen LogP contribution < -0.4 is 20.1 Å². The first-order chi connectivity index (χ1) is 19.5. The number of anilines is 2. The maximum Gasteiger partial charge on any atom is 0.167 e. The van der Waals surface area contributed by atoms with Crippen LogP contribution in [0.15, 0.2) is 22.7 Å². The number of hydrogen-bond acceptors (Lipinski definition) is 6. The number of nitrogens with one attached hydrogen (secondary N) is 2. The summed E-state index contributed by atoms with van der Waals surface area (Å²) in [6.07, 6.45) is 0. The third kappa shape index (κ3) is 4.73. The van der Waals surface area contributed by atoms with Gasteiger partial charge in [-0.2, -0.15) is 0 Å². The Labute approximate surface area is 266 Å². The molecule has 4 rings (SSSR count). The summed E-state index contributed by atoms with van der Waals surface area (Å²) in [6, 6.07) is 4.91. The average molecular weight is 658 g/mol. The molecule has 0 amide bonds. The van der Waals surface area contributed by atoms with Crippen LogP contribution in [0, 0.1) is 42.8 Å². The Morgan fingerprint density at radius 1 is 0.860 bits per heavy atom. The molecular weight excluding hydrogens is 607 g/mol. The SMILES string of the molecule is COc1c(OC(C)(C)C2(C)C(C)(C)C(C)(C)NC(C)(C)C2(C)C)c(C)c2nc(C)nc(Nc3ccc(Br)cc3F)c2c1C. The maximum atomic E-state index is 14.9. The largest absolute Gasteiger partial charge is 0.493 e. The summed E-state index contributed by atoms with van der Waals surface area (Å²) < 4.78 is 28.9. The Hall–Kier alpha value is -2.45. The van der Waals surface area contributed by atoms with Gasteiger partial charge in [0.15, 0.2) is 11.5 Å². The number of halogens is 2. The third-order valence-electron chi connectivity index (χ3n) is 11.8. The van der Waals surface area contributed by atoms with E-state index >= 15 is 0 Å². The Morgan fingerprint density at radius 2 is 1.42 bits per heavy atom. The molecular formula is C35H50BrFN4O2. The van der Waals surface area contributed by atoms with Gasteiger partial charge in [-0.05, 0) is 91.3 Å². The van der Waals surface area contributed by atoms with Crippen molar-refractivity contribution in [3.05, 3.63) is 45.4 Å². The van der Waals surface area contributed by atoms with Crippen molar-refractivity contribution in [2.75, 3.05) is 12.4 Å². The molecule has 6 nitrogen and oxygen atoms in total.